The molecular formula is C32H35N5O2S. The van der Waals surface area contributed by atoms with E-state index in [9.17, 15) is 4.79 Å². The highest BCUT2D eigenvalue weighted by atomic mass is 32.1. The number of benzene rings is 2. The summed E-state index contributed by atoms with van der Waals surface area (Å²) in [5.41, 5.74) is 9.53. The third-order valence-corrected chi connectivity index (χ3v) is 8.08. The number of nitrogens with one attached hydrogen (secondary N) is 2. The van der Waals surface area contributed by atoms with Gasteiger partial charge >= 0.3 is 0 Å². The fraction of sp³-hybridized carbons (Fsp3) is 0.281. The largest absolute Gasteiger partial charge is 0.494 e. The van der Waals surface area contributed by atoms with Crippen LogP contribution in [0.5, 0.6) is 5.75 Å². The highest BCUT2D eigenvalue weighted by molar-refractivity contribution is 7.80. The van der Waals surface area contributed by atoms with Gasteiger partial charge in [-0.3, -0.25) is 9.78 Å². The predicted molar refractivity (Wildman–Crippen MR) is 165 cm³/mol. The molecule has 0 aliphatic carbocycles. The summed E-state index contributed by atoms with van der Waals surface area (Å²) in [7, 11) is 1.60. The number of pyridine rings is 1. The van der Waals surface area contributed by atoms with Crippen molar-refractivity contribution in [1.29, 1.82) is 0 Å². The molecule has 0 saturated carbocycles. The van der Waals surface area contributed by atoms with Crippen molar-refractivity contribution in [2.75, 3.05) is 17.3 Å². The van der Waals surface area contributed by atoms with Gasteiger partial charge < -0.3 is 24.8 Å². The van der Waals surface area contributed by atoms with Crippen molar-refractivity contribution >= 4 is 34.6 Å². The summed E-state index contributed by atoms with van der Waals surface area (Å²) in [6.07, 6.45) is 2.20. The molecule has 0 bridgehead atoms. The van der Waals surface area contributed by atoms with Crippen molar-refractivity contribution in [1.82, 2.24) is 14.9 Å². The van der Waals surface area contributed by atoms with Gasteiger partial charge in [0.25, 0.3) is 0 Å². The molecule has 3 heterocycles. The van der Waals surface area contributed by atoms with Crippen LogP contribution < -0.4 is 20.3 Å². The van der Waals surface area contributed by atoms with Crippen LogP contribution in [0, 0.1) is 27.7 Å². The Hall–Kier alpha value is -4.17. The number of hydrogen-bond donors (Lipinski definition) is 2. The number of methoxy groups -OCH3 is 1. The van der Waals surface area contributed by atoms with Gasteiger partial charge in [-0.2, -0.15) is 0 Å². The van der Waals surface area contributed by atoms with Gasteiger partial charge in [0.1, 0.15) is 5.75 Å². The third kappa shape index (κ3) is 4.84. The number of nitrogens with zero attached hydrogens (tertiary/aromatic N) is 3. The highest BCUT2D eigenvalue weighted by Crippen LogP contribution is 2.45. The van der Waals surface area contributed by atoms with E-state index < -0.39 is 0 Å². The Balaban J connectivity index is 1.66. The van der Waals surface area contributed by atoms with Crippen LogP contribution in [0.2, 0.25) is 0 Å². The summed E-state index contributed by atoms with van der Waals surface area (Å²) in [5, 5.41) is 7.07. The Morgan fingerprint density at radius 3 is 2.58 bits per heavy atom. The molecule has 2 unspecified atom stereocenters. The monoisotopic (exact) mass is 553 g/mol. The first-order valence-electron chi connectivity index (χ1n) is 13.5. The molecule has 2 aromatic heterocycles. The van der Waals surface area contributed by atoms with Gasteiger partial charge in [-0.1, -0.05) is 25.1 Å². The Kier molecular flexibility index (Phi) is 7.63. The molecule has 1 aliphatic rings. The molecule has 206 valence electrons. The lowest BCUT2D eigenvalue weighted by atomic mass is 9.96. The average Bonchev–Trinajstić information content (AvgIpc) is 3.45. The molecule has 0 spiro atoms. The van der Waals surface area contributed by atoms with E-state index in [1.807, 2.05) is 49.5 Å². The zero-order valence-corrected chi connectivity index (χ0v) is 24.6. The van der Waals surface area contributed by atoms with Crippen molar-refractivity contribution in [3.05, 3.63) is 101 Å². The minimum atomic E-state index is -0.174. The van der Waals surface area contributed by atoms with Gasteiger partial charge in [-0.05, 0) is 93.0 Å². The number of carbonyl (C=O) groups excluding carboxylic acids is 1. The lowest BCUT2D eigenvalue weighted by Crippen LogP contribution is -2.29. The summed E-state index contributed by atoms with van der Waals surface area (Å²) in [6.45, 7) is 10.5. The zero-order valence-electron chi connectivity index (χ0n) is 23.8. The number of aryl methyl sites for hydroxylation is 2. The molecule has 2 aromatic carbocycles. The average molecular weight is 554 g/mol. The maximum absolute atomic E-state index is 12.1. The number of ether oxygens (including phenoxy) is 1. The van der Waals surface area contributed by atoms with Crippen LogP contribution in [0.4, 0.5) is 11.4 Å². The molecular weight excluding hydrogens is 518 g/mol. The van der Waals surface area contributed by atoms with E-state index in [0.29, 0.717) is 23.0 Å². The molecule has 8 heteroatoms. The normalized spacial score (nSPS) is 16.6. The lowest BCUT2D eigenvalue weighted by molar-refractivity contribution is -0.115. The van der Waals surface area contributed by atoms with Crippen molar-refractivity contribution < 1.29 is 9.53 Å². The smallest absolute Gasteiger partial charge is 0.224 e. The van der Waals surface area contributed by atoms with E-state index in [0.717, 1.165) is 28.3 Å². The first-order valence-corrected chi connectivity index (χ1v) is 13.9. The molecule has 1 saturated heterocycles. The number of anilines is 2. The van der Waals surface area contributed by atoms with Crippen LogP contribution >= 0.6 is 12.2 Å². The van der Waals surface area contributed by atoms with Gasteiger partial charge in [-0.25, -0.2) is 0 Å². The minimum absolute atomic E-state index is 0.0728. The fourth-order valence-corrected chi connectivity index (χ4v) is 5.90. The van der Waals surface area contributed by atoms with Crippen LogP contribution in [0.15, 0.2) is 66.9 Å². The number of rotatable bonds is 7. The highest BCUT2D eigenvalue weighted by Gasteiger charge is 2.42. The first kappa shape index (κ1) is 27.4. The van der Waals surface area contributed by atoms with Crippen LogP contribution in [0.25, 0.3) is 5.69 Å². The van der Waals surface area contributed by atoms with Gasteiger partial charge in [0.15, 0.2) is 5.11 Å². The molecule has 2 N–H and O–H groups in total. The standard InChI is InChI=1S/C32H35N5O2S/c1-7-29(38)34-25-15-14-23(18-28(25)39-6)37-31(30(35-32(37)40)26-12-8-9-16-33-26)24-17-20(3)36(22(24)5)27-13-10-11-19(2)21(27)4/h8-18,30-31H,7H2,1-6H3,(H,34,38)(H,35,40). The second-order valence-electron chi connectivity index (χ2n) is 10.2. The van der Waals surface area contributed by atoms with E-state index in [-0.39, 0.29) is 18.0 Å². The number of hydrogen-bond acceptors (Lipinski definition) is 4. The van der Waals surface area contributed by atoms with Crippen LogP contribution in [0.3, 0.4) is 0 Å². The summed E-state index contributed by atoms with van der Waals surface area (Å²) in [6, 6.07) is 20.1. The summed E-state index contributed by atoms with van der Waals surface area (Å²) >= 11 is 5.96. The van der Waals surface area contributed by atoms with Crippen LogP contribution in [0.1, 0.15) is 59.2 Å². The topological polar surface area (TPSA) is 71.4 Å². The van der Waals surface area contributed by atoms with Gasteiger partial charge in [0.05, 0.1) is 30.6 Å². The Labute approximate surface area is 241 Å². The number of aromatic nitrogens is 2. The Morgan fingerprint density at radius 2 is 1.88 bits per heavy atom. The van der Waals surface area contributed by atoms with Crippen LogP contribution in [-0.2, 0) is 4.79 Å². The van der Waals surface area contributed by atoms with Crippen molar-refractivity contribution in [3.8, 4) is 11.4 Å². The van der Waals surface area contributed by atoms with Gasteiger partial charge in [-0.15, -0.1) is 0 Å². The quantitative estimate of drug-likeness (QED) is 0.250. The zero-order chi connectivity index (χ0) is 28.6. The molecule has 1 aliphatic heterocycles. The first-order chi connectivity index (χ1) is 19.2. The van der Waals surface area contributed by atoms with Gasteiger partial charge in [0.2, 0.25) is 5.91 Å². The fourth-order valence-electron chi connectivity index (χ4n) is 5.56. The lowest BCUT2D eigenvalue weighted by Gasteiger charge is -2.29. The summed E-state index contributed by atoms with van der Waals surface area (Å²) < 4.78 is 8.02. The number of amides is 1. The molecule has 7 nitrogen and oxygen atoms in total. The summed E-state index contributed by atoms with van der Waals surface area (Å²) in [5.74, 6) is 0.499. The molecule has 0 radical (unpaired) electrons. The van der Waals surface area contributed by atoms with Crippen LogP contribution in [-0.4, -0.2) is 27.7 Å². The number of thiocarbonyl (C=S) groups is 1. The van der Waals surface area contributed by atoms with E-state index in [1.54, 1.807) is 7.11 Å². The molecule has 40 heavy (non-hydrogen) atoms. The van der Waals surface area contributed by atoms with E-state index in [4.69, 9.17) is 21.9 Å². The third-order valence-electron chi connectivity index (χ3n) is 7.76. The Bertz CT molecular complexity index is 1580. The summed E-state index contributed by atoms with van der Waals surface area (Å²) in [4.78, 5) is 18.9. The van der Waals surface area contributed by atoms with E-state index in [2.05, 4.69) is 72.1 Å². The second-order valence-corrected chi connectivity index (χ2v) is 10.6. The molecule has 4 aromatic rings. The van der Waals surface area contributed by atoms with E-state index in [1.165, 1.54) is 16.8 Å². The molecule has 5 rings (SSSR count). The molecule has 1 fully saturated rings. The SMILES string of the molecule is CCC(=O)Nc1ccc(N2C(=S)NC(c3ccccn3)C2c2cc(C)n(-c3cccc(C)c3C)c2C)cc1OC. The Morgan fingerprint density at radius 1 is 1.07 bits per heavy atom. The maximum atomic E-state index is 12.1. The second kappa shape index (κ2) is 11.1. The van der Waals surface area contributed by atoms with E-state index >= 15 is 0 Å². The van der Waals surface area contributed by atoms with Crippen molar-refractivity contribution in [3.63, 3.8) is 0 Å². The van der Waals surface area contributed by atoms with Crippen molar-refractivity contribution in [2.24, 2.45) is 0 Å². The predicted octanol–water partition coefficient (Wildman–Crippen LogP) is 6.64. The minimum Gasteiger partial charge on any atom is -0.494 e. The molecule has 2 atom stereocenters. The van der Waals surface area contributed by atoms with Crippen molar-refractivity contribution in [2.45, 2.75) is 53.1 Å². The maximum Gasteiger partial charge on any atom is 0.224 e. The molecule has 1 amide bonds. The number of carbonyl (C=O) groups is 1. The van der Waals surface area contributed by atoms with Gasteiger partial charge in [0, 0.05) is 41.4 Å².